The van der Waals surface area contributed by atoms with E-state index in [0.717, 1.165) is 5.56 Å². The summed E-state index contributed by atoms with van der Waals surface area (Å²) in [4.78, 5) is 22.5. The average Bonchev–Trinajstić information content (AvgIpc) is 2.65. The predicted molar refractivity (Wildman–Crippen MR) is 96.9 cm³/mol. The van der Waals surface area contributed by atoms with E-state index in [4.69, 9.17) is 14.2 Å². The molecule has 136 valence electrons. The lowest BCUT2D eigenvalue weighted by Crippen LogP contribution is -2.09. The fourth-order valence-electron chi connectivity index (χ4n) is 2.21. The number of non-ortho nitro benzene ring substituents is 1. The zero-order valence-corrected chi connectivity index (χ0v) is 14.5. The molecule has 0 saturated heterocycles. The Bertz CT molecular complexity index is 848. The van der Waals surface area contributed by atoms with Crippen LogP contribution in [0.15, 0.2) is 42.5 Å². The molecule has 0 fully saturated rings. The Morgan fingerprint density at radius 3 is 2.27 bits per heavy atom. The number of nitro groups is 1. The number of amides is 1. The number of benzene rings is 2. The molecular weight excluding hydrogens is 340 g/mol. The van der Waals surface area contributed by atoms with E-state index in [2.05, 4.69) is 5.32 Å². The van der Waals surface area contributed by atoms with E-state index in [9.17, 15) is 14.9 Å². The second-order valence-corrected chi connectivity index (χ2v) is 5.08. The second kappa shape index (κ2) is 8.52. The first-order valence-corrected chi connectivity index (χ1v) is 7.52. The molecule has 0 unspecified atom stereocenters. The molecular formula is C18H18N2O6. The molecule has 0 aliphatic heterocycles. The quantitative estimate of drug-likeness (QED) is 0.463. The van der Waals surface area contributed by atoms with Gasteiger partial charge in [0.15, 0.2) is 11.5 Å². The maximum absolute atomic E-state index is 12.1. The molecule has 0 aliphatic carbocycles. The number of ether oxygens (including phenoxy) is 3. The highest BCUT2D eigenvalue weighted by Gasteiger charge is 2.12. The molecule has 1 amide bonds. The molecule has 2 aromatic carbocycles. The van der Waals surface area contributed by atoms with Gasteiger partial charge in [-0.15, -0.1) is 0 Å². The van der Waals surface area contributed by atoms with Gasteiger partial charge < -0.3 is 19.5 Å². The van der Waals surface area contributed by atoms with Gasteiger partial charge in [-0.1, -0.05) is 6.07 Å². The molecule has 0 aliphatic rings. The van der Waals surface area contributed by atoms with Crippen LogP contribution in [0.4, 0.5) is 11.4 Å². The van der Waals surface area contributed by atoms with Gasteiger partial charge in [0.2, 0.25) is 5.91 Å². The van der Waals surface area contributed by atoms with Crippen molar-refractivity contribution in [1.29, 1.82) is 0 Å². The fourth-order valence-corrected chi connectivity index (χ4v) is 2.21. The van der Waals surface area contributed by atoms with Crippen molar-refractivity contribution >= 4 is 23.4 Å². The molecule has 2 rings (SSSR count). The monoisotopic (exact) mass is 358 g/mol. The van der Waals surface area contributed by atoms with Crippen LogP contribution >= 0.6 is 0 Å². The van der Waals surface area contributed by atoms with Crippen LogP contribution in [0.1, 0.15) is 5.56 Å². The van der Waals surface area contributed by atoms with Gasteiger partial charge in [0.1, 0.15) is 5.75 Å². The largest absolute Gasteiger partial charge is 0.495 e. The van der Waals surface area contributed by atoms with Crippen LogP contribution < -0.4 is 19.5 Å². The number of nitrogens with one attached hydrogen (secondary N) is 1. The minimum atomic E-state index is -0.547. The zero-order chi connectivity index (χ0) is 19.1. The maximum Gasteiger partial charge on any atom is 0.271 e. The molecule has 0 radical (unpaired) electrons. The number of nitrogens with zero attached hydrogens (tertiary/aromatic N) is 1. The fraction of sp³-hybridized carbons (Fsp3) is 0.167. The molecule has 0 bridgehead atoms. The minimum absolute atomic E-state index is 0.148. The smallest absolute Gasteiger partial charge is 0.271 e. The summed E-state index contributed by atoms with van der Waals surface area (Å²) in [7, 11) is 4.47. The topological polar surface area (TPSA) is 99.9 Å². The van der Waals surface area contributed by atoms with E-state index >= 15 is 0 Å². The third-order valence-corrected chi connectivity index (χ3v) is 3.49. The lowest BCUT2D eigenvalue weighted by molar-refractivity contribution is -0.384. The zero-order valence-electron chi connectivity index (χ0n) is 14.5. The molecule has 8 heteroatoms. The molecule has 2 aromatic rings. The van der Waals surface area contributed by atoms with Gasteiger partial charge in [0, 0.05) is 18.2 Å². The lowest BCUT2D eigenvalue weighted by atomic mass is 10.2. The summed E-state index contributed by atoms with van der Waals surface area (Å²) >= 11 is 0. The summed E-state index contributed by atoms with van der Waals surface area (Å²) in [5.74, 6) is 0.980. The number of methoxy groups -OCH3 is 3. The summed E-state index contributed by atoms with van der Waals surface area (Å²) in [6.45, 7) is 0. The molecule has 0 spiro atoms. The predicted octanol–water partition coefficient (Wildman–Crippen LogP) is 3.27. The van der Waals surface area contributed by atoms with Crippen LogP contribution in [0.25, 0.3) is 6.08 Å². The van der Waals surface area contributed by atoms with Crippen LogP contribution in [0.5, 0.6) is 17.2 Å². The summed E-state index contributed by atoms with van der Waals surface area (Å²) in [6.07, 6.45) is 2.89. The first-order chi connectivity index (χ1) is 12.5. The first-order valence-electron chi connectivity index (χ1n) is 7.52. The SMILES string of the molecule is COc1ccc([N+](=O)[O-])cc1NC(=O)C=Cc1ccc(OC)c(OC)c1. The van der Waals surface area contributed by atoms with Gasteiger partial charge in [-0.3, -0.25) is 14.9 Å². The highest BCUT2D eigenvalue weighted by molar-refractivity contribution is 6.03. The number of carbonyl (C=O) groups excluding carboxylic acids is 1. The van der Waals surface area contributed by atoms with Crippen LogP contribution in [0.3, 0.4) is 0 Å². The summed E-state index contributed by atoms with van der Waals surface area (Å²) in [5.41, 5.74) is 0.789. The Hall–Kier alpha value is -3.55. The second-order valence-electron chi connectivity index (χ2n) is 5.08. The Morgan fingerprint density at radius 2 is 1.65 bits per heavy atom. The van der Waals surface area contributed by atoms with Crippen molar-refractivity contribution < 1.29 is 23.9 Å². The summed E-state index contributed by atoms with van der Waals surface area (Å²) in [5, 5.41) is 13.4. The van der Waals surface area contributed by atoms with Crippen LogP contribution in [0, 0.1) is 10.1 Å². The Balaban J connectivity index is 2.17. The molecule has 8 nitrogen and oxygen atoms in total. The van der Waals surface area contributed by atoms with Crippen molar-refractivity contribution in [2.45, 2.75) is 0 Å². The molecule has 0 atom stereocenters. The van der Waals surface area contributed by atoms with E-state index < -0.39 is 10.8 Å². The van der Waals surface area contributed by atoms with Gasteiger partial charge in [-0.2, -0.15) is 0 Å². The number of anilines is 1. The number of hydrogen-bond donors (Lipinski definition) is 1. The normalized spacial score (nSPS) is 10.4. The highest BCUT2D eigenvalue weighted by atomic mass is 16.6. The van der Waals surface area contributed by atoms with Gasteiger partial charge in [-0.05, 0) is 29.8 Å². The van der Waals surface area contributed by atoms with Crippen molar-refractivity contribution in [3.63, 3.8) is 0 Å². The van der Waals surface area contributed by atoms with Crippen LogP contribution in [-0.4, -0.2) is 32.2 Å². The number of rotatable bonds is 7. The lowest BCUT2D eigenvalue weighted by Gasteiger charge is -2.09. The van der Waals surface area contributed by atoms with E-state index in [1.54, 1.807) is 24.3 Å². The summed E-state index contributed by atoms with van der Waals surface area (Å²) < 4.78 is 15.5. The molecule has 0 saturated carbocycles. The Morgan fingerprint density at radius 1 is 1.00 bits per heavy atom. The molecule has 0 aromatic heterocycles. The van der Waals surface area contributed by atoms with Gasteiger partial charge in [0.25, 0.3) is 5.69 Å². The first kappa shape index (κ1) is 18.8. The van der Waals surface area contributed by atoms with Crippen molar-refractivity contribution in [3.05, 3.63) is 58.2 Å². The summed E-state index contributed by atoms with van der Waals surface area (Å²) in [6, 6.07) is 9.16. The van der Waals surface area contributed by atoms with Gasteiger partial charge >= 0.3 is 0 Å². The number of carbonyl (C=O) groups is 1. The minimum Gasteiger partial charge on any atom is -0.495 e. The van der Waals surface area contributed by atoms with Crippen molar-refractivity contribution in [2.75, 3.05) is 26.6 Å². The van der Waals surface area contributed by atoms with E-state index in [-0.39, 0.29) is 11.4 Å². The van der Waals surface area contributed by atoms with Crippen molar-refractivity contribution in [1.82, 2.24) is 0 Å². The molecule has 0 heterocycles. The standard InChI is InChI=1S/C18H18N2O6/c1-24-15-8-6-13(20(22)23)11-14(15)19-18(21)9-5-12-4-7-16(25-2)17(10-12)26-3/h4-11H,1-3H3,(H,19,21). The number of hydrogen-bond acceptors (Lipinski definition) is 6. The van der Waals surface area contributed by atoms with E-state index in [0.29, 0.717) is 17.2 Å². The van der Waals surface area contributed by atoms with Crippen LogP contribution in [-0.2, 0) is 4.79 Å². The Kier molecular flexibility index (Phi) is 6.15. The maximum atomic E-state index is 12.1. The number of nitro benzene ring substituents is 1. The van der Waals surface area contributed by atoms with Gasteiger partial charge in [0.05, 0.1) is 31.9 Å². The molecule has 1 N–H and O–H groups in total. The van der Waals surface area contributed by atoms with Crippen molar-refractivity contribution in [3.8, 4) is 17.2 Å². The van der Waals surface area contributed by atoms with E-state index in [1.807, 2.05) is 0 Å². The van der Waals surface area contributed by atoms with Crippen LogP contribution in [0.2, 0.25) is 0 Å². The third kappa shape index (κ3) is 4.50. The van der Waals surface area contributed by atoms with Gasteiger partial charge in [-0.25, -0.2) is 0 Å². The van der Waals surface area contributed by atoms with E-state index in [1.165, 1.54) is 45.6 Å². The van der Waals surface area contributed by atoms with Crippen molar-refractivity contribution in [2.24, 2.45) is 0 Å². The Labute approximate surface area is 150 Å². The molecule has 26 heavy (non-hydrogen) atoms. The highest BCUT2D eigenvalue weighted by Crippen LogP contribution is 2.29. The average molecular weight is 358 g/mol. The third-order valence-electron chi connectivity index (χ3n) is 3.49.